The Kier molecular flexibility index (Phi) is 6.95. The third-order valence-corrected chi connectivity index (χ3v) is 6.37. The lowest BCUT2D eigenvalue weighted by atomic mass is 9.74. The number of anilines is 1. The molecule has 2 aromatic carbocycles. The molecule has 1 fully saturated rings. The van der Waals surface area contributed by atoms with Crippen LogP contribution in [0.25, 0.3) is 0 Å². The summed E-state index contributed by atoms with van der Waals surface area (Å²) < 4.78 is 16.5. The monoisotopic (exact) mass is 438 g/mol. The molecule has 4 rings (SSSR count). The lowest BCUT2D eigenvalue weighted by Gasteiger charge is -2.38. The number of ether oxygens (including phenoxy) is 3. The number of methoxy groups -OCH3 is 1. The normalized spacial score (nSPS) is 17.1. The van der Waals surface area contributed by atoms with Crippen LogP contribution in [0.4, 0.5) is 5.69 Å². The first-order chi connectivity index (χ1) is 15.6. The van der Waals surface area contributed by atoms with E-state index in [1.165, 1.54) is 5.56 Å². The average molecular weight is 439 g/mol. The Hall–Kier alpha value is -3.06. The zero-order valence-corrected chi connectivity index (χ0v) is 18.5. The Labute approximate surface area is 188 Å². The third-order valence-electron chi connectivity index (χ3n) is 6.37. The van der Waals surface area contributed by atoms with Crippen molar-refractivity contribution in [3.05, 3.63) is 54.1 Å². The number of hydrogen-bond donors (Lipinski definition) is 1. The Morgan fingerprint density at radius 1 is 1.03 bits per heavy atom. The van der Waals surface area contributed by atoms with Gasteiger partial charge in [-0.05, 0) is 42.7 Å². The molecule has 0 saturated carbocycles. The highest BCUT2D eigenvalue weighted by Crippen LogP contribution is 2.35. The topological polar surface area (TPSA) is 77.1 Å². The first kappa shape index (κ1) is 22.1. The maximum absolute atomic E-state index is 12.8. The van der Waals surface area contributed by atoms with Gasteiger partial charge in [-0.2, -0.15) is 0 Å². The molecule has 2 amide bonds. The summed E-state index contributed by atoms with van der Waals surface area (Å²) in [7, 11) is 1.65. The quantitative estimate of drug-likeness (QED) is 0.719. The molecular weight excluding hydrogens is 408 g/mol. The molecule has 7 nitrogen and oxygen atoms in total. The molecule has 1 N–H and O–H groups in total. The Morgan fingerprint density at radius 2 is 1.78 bits per heavy atom. The summed E-state index contributed by atoms with van der Waals surface area (Å²) in [4.78, 5) is 27.1. The summed E-state index contributed by atoms with van der Waals surface area (Å²) in [5, 5.41) is 3.08. The number of carbonyl (C=O) groups excluding carboxylic acids is 2. The van der Waals surface area contributed by atoms with E-state index in [2.05, 4.69) is 17.4 Å². The number of nitrogens with one attached hydrogen (secondary N) is 1. The lowest BCUT2D eigenvalue weighted by Crippen LogP contribution is -2.45. The summed E-state index contributed by atoms with van der Waals surface area (Å²) in [5.41, 5.74) is 1.76. The molecule has 1 saturated heterocycles. The van der Waals surface area contributed by atoms with Crippen LogP contribution in [0.5, 0.6) is 11.5 Å². The van der Waals surface area contributed by atoms with Crippen LogP contribution in [0.3, 0.4) is 0 Å². The van der Waals surface area contributed by atoms with Crippen LogP contribution in [0.15, 0.2) is 48.5 Å². The first-order valence-corrected chi connectivity index (χ1v) is 11.1. The van der Waals surface area contributed by atoms with Crippen molar-refractivity contribution in [2.75, 3.05) is 44.9 Å². The largest absolute Gasteiger partial charge is 0.497 e. The molecule has 0 spiro atoms. The zero-order valence-electron chi connectivity index (χ0n) is 18.5. The highest BCUT2D eigenvalue weighted by molar-refractivity contribution is 5.97. The van der Waals surface area contributed by atoms with Crippen LogP contribution < -0.4 is 19.7 Å². The van der Waals surface area contributed by atoms with Crippen LogP contribution >= 0.6 is 0 Å². The second-order valence-electron chi connectivity index (χ2n) is 8.26. The van der Waals surface area contributed by atoms with Crippen LogP contribution in [-0.2, 0) is 19.7 Å². The molecule has 0 aliphatic carbocycles. The van der Waals surface area contributed by atoms with Gasteiger partial charge in [0.2, 0.25) is 11.8 Å². The van der Waals surface area contributed by atoms with E-state index >= 15 is 0 Å². The minimum absolute atomic E-state index is 0.0631. The van der Waals surface area contributed by atoms with Gasteiger partial charge in [0.25, 0.3) is 0 Å². The minimum atomic E-state index is -0.173. The van der Waals surface area contributed by atoms with Crippen molar-refractivity contribution in [1.29, 1.82) is 0 Å². The van der Waals surface area contributed by atoms with E-state index in [4.69, 9.17) is 14.2 Å². The van der Waals surface area contributed by atoms with Crippen LogP contribution in [-0.4, -0.2) is 51.8 Å². The number of nitrogens with zero attached hydrogens (tertiary/aromatic N) is 1. The number of para-hydroxylation sites is 2. The lowest BCUT2D eigenvalue weighted by molar-refractivity contribution is -0.125. The summed E-state index contributed by atoms with van der Waals surface area (Å²) >= 11 is 0. The fraction of sp³-hybridized carbons (Fsp3) is 0.440. The van der Waals surface area contributed by atoms with Gasteiger partial charge >= 0.3 is 0 Å². The smallest absolute Gasteiger partial charge is 0.227 e. The van der Waals surface area contributed by atoms with E-state index in [0.29, 0.717) is 38.7 Å². The first-order valence-electron chi connectivity index (χ1n) is 11.1. The van der Waals surface area contributed by atoms with Gasteiger partial charge in [0.1, 0.15) is 18.1 Å². The standard InChI is InChI=1S/C25H30N2O5/c1-30-20-8-6-19(7-9-20)25(12-15-31-16-13-25)18-26-23(28)10-11-24(29)27-14-17-32-22-5-3-2-4-21(22)27/h2-9H,10-18H2,1H3,(H,26,28). The molecule has 2 aromatic rings. The van der Waals surface area contributed by atoms with Crippen molar-refractivity contribution in [3.63, 3.8) is 0 Å². The van der Waals surface area contributed by atoms with Crippen LogP contribution in [0, 0.1) is 0 Å². The van der Waals surface area contributed by atoms with Gasteiger partial charge in [-0.3, -0.25) is 9.59 Å². The number of rotatable bonds is 7. The number of benzene rings is 2. The molecule has 0 atom stereocenters. The van der Waals surface area contributed by atoms with Gasteiger partial charge in [0, 0.05) is 38.0 Å². The maximum Gasteiger partial charge on any atom is 0.227 e. The molecule has 0 radical (unpaired) electrons. The zero-order chi connectivity index (χ0) is 22.4. The molecule has 2 aliphatic heterocycles. The van der Waals surface area contributed by atoms with Gasteiger partial charge in [0.15, 0.2) is 0 Å². The van der Waals surface area contributed by atoms with Crippen molar-refractivity contribution in [1.82, 2.24) is 5.32 Å². The summed E-state index contributed by atoms with van der Waals surface area (Å²) in [6.45, 7) is 2.81. The molecule has 2 heterocycles. The van der Waals surface area contributed by atoms with Crippen molar-refractivity contribution < 1.29 is 23.8 Å². The maximum atomic E-state index is 12.8. The predicted molar refractivity (Wildman–Crippen MR) is 121 cm³/mol. The second-order valence-corrected chi connectivity index (χ2v) is 8.26. The number of amides is 2. The van der Waals surface area contributed by atoms with E-state index in [0.717, 1.165) is 24.3 Å². The summed E-state index contributed by atoms with van der Waals surface area (Å²) in [6.07, 6.45) is 2.00. The number of carbonyl (C=O) groups is 2. The molecule has 0 bridgehead atoms. The molecule has 0 aromatic heterocycles. The summed E-state index contributed by atoms with van der Waals surface area (Å²) in [5.74, 6) is 1.34. The van der Waals surface area contributed by atoms with Crippen LogP contribution in [0.1, 0.15) is 31.2 Å². The van der Waals surface area contributed by atoms with Crippen molar-refractivity contribution in [2.24, 2.45) is 0 Å². The third kappa shape index (κ3) is 4.88. The van der Waals surface area contributed by atoms with Gasteiger partial charge in [0.05, 0.1) is 19.3 Å². The Bertz CT molecular complexity index is 938. The van der Waals surface area contributed by atoms with Crippen molar-refractivity contribution in [3.8, 4) is 11.5 Å². The SMILES string of the molecule is COc1ccc(C2(CNC(=O)CCC(=O)N3CCOc4ccccc43)CCOCC2)cc1. The van der Waals surface area contributed by atoms with E-state index in [9.17, 15) is 9.59 Å². The fourth-order valence-corrected chi connectivity index (χ4v) is 4.41. The van der Waals surface area contributed by atoms with Gasteiger partial charge in [-0.25, -0.2) is 0 Å². The molecule has 0 unspecified atom stereocenters. The van der Waals surface area contributed by atoms with Crippen molar-refractivity contribution in [2.45, 2.75) is 31.1 Å². The van der Waals surface area contributed by atoms with E-state index in [1.54, 1.807) is 12.0 Å². The molecular formula is C25H30N2O5. The molecule has 2 aliphatic rings. The molecule has 32 heavy (non-hydrogen) atoms. The van der Waals surface area contributed by atoms with Crippen LogP contribution in [0.2, 0.25) is 0 Å². The highest BCUT2D eigenvalue weighted by atomic mass is 16.5. The molecule has 170 valence electrons. The van der Waals surface area contributed by atoms with Crippen molar-refractivity contribution >= 4 is 17.5 Å². The Morgan fingerprint density at radius 3 is 2.53 bits per heavy atom. The fourth-order valence-electron chi connectivity index (χ4n) is 4.41. The highest BCUT2D eigenvalue weighted by Gasteiger charge is 2.35. The van der Waals surface area contributed by atoms with Gasteiger partial charge in [-0.15, -0.1) is 0 Å². The average Bonchev–Trinajstić information content (AvgIpc) is 2.86. The van der Waals surface area contributed by atoms with E-state index in [-0.39, 0.29) is 30.1 Å². The van der Waals surface area contributed by atoms with E-state index < -0.39 is 0 Å². The second kappa shape index (κ2) is 10.0. The summed E-state index contributed by atoms with van der Waals surface area (Å²) in [6, 6.07) is 15.5. The number of hydrogen-bond acceptors (Lipinski definition) is 5. The molecule has 7 heteroatoms. The van der Waals surface area contributed by atoms with E-state index in [1.807, 2.05) is 36.4 Å². The van der Waals surface area contributed by atoms with Gasteiger partial charge < -0.3 is 24.4 Å². The number of fused-ring (bicyclic) bond motifs is 1. The predicted octanol–water partition coefficient (Wildman–Crippen LogP) is 3.07. The Balaban J connectivity index is 1.34. The minimum Gasteiger partial charge on any atom is -0.497 e. The van der Waals surface area contributed by atoms with Gasteiger partial charge in [-0.1, -0.05) is 24.3 Å².